The highest BCUT2D eigenvalue weighted by molar-refractivity contribution is 7.90. The fourth-order valence-corrected chi connectivity index (χ4v) is 5.17. The van der Waals surface area contributed by atoms with Gasteiger partial charge in [0.25, 0.3) is 10.0 Å². The van der Waals surface area contributed by atoms with Crippen molar-refractivity contribution in [1.29, 1.82) is 0 Å². The van der Waals surface area contributed by atoms with Crippen LogP contribution in [0.5, 0.6) is 0 Å². The summed E-state index contributed by atoms with van der Waals surface area (Å²) in [5.74, 6) is -0.201. The molecular formula is C23H17FN4O4S. The maximum atomic E-state index is 13.5. The second kappa shape index (κ2) is 8.14. The van der Waals surface area contributed by atoms with Crippen LogP contribution >= 0.6 is 0 Å². The van der Waals surface area contributed by atoms with Crippen molar-refractivity contribution in [1.82, 2.24) is 14.4 Å². The number of hydrogen-bond acceptors (Lipinski definition) is 6. The van der Waals surface area contributed by atoms with E-state index >= 15 is 0 Å². The number of urea groups is 1. The molecule has 2 heterocycles. The van der Waals surface area contributed by atoms with Gasteiger partial charge in [-0.05, 0) is 29.8 Å². The normalized spacial score (nSPS) is 14.9. The zero-order valence-corrected chi connectivity index (χ0v) is 17.9. The maximum Gasteiger partial charge on any atom is 0.339 e. The summed E-state index contributed by atoms with van der Waals surface area (Å²) in [4.78, 5) is 18.9. The number of amides is 2. The van der Waals surface area contributed by atoms with Crippen molar-refractivity contribution < 1.29 is 22.1 Å². The van der Waals surface area contributed by atoms with Crippen LogP contribution < -0.4 is 4.90 Å². The van der Waals surface area contributed by atoms with Crippen molar-refractivity contribution in [2.75, 3.05) is 4.90 Å². The molecule has 0 fully saturated rings. The summed E-state index contributed by atoms with van der Waals surface area (Å²) in [5, 5.41) is 3.87. The molecule has 10 heteroatoms. The van der Waals surface area contributed by atoms with Crippen LogP contribution in [0, 0.1) is 5.82 Å². The SMILES string of the molecule is O=C1N(Cc2nc(-c3cccc(F)c3)no2)c2ccccc2S(=O)(=O)N1Cc1ccccc1. The third-order valence-corrected chi connectivity index (χ3v) is 6.95. The lowest BCUT2D eigenvalue weighted by molar-refractivity contribution is 0.225. The third-order valence-electron chi connectivity index (χ3n) is 5.18. The Morgan fingerprint density at radius 2 is 1.67 bits per heavy atom. The van der Waals surface area contributed by atoms with Crippen molar-refractivity contribution >= 4 is 21.7 Å². The van der Waals surface area contributed by atoms with Gasteiger partial charge in [-0.1, -0.05) is 59.8 Å². The molecule has 3 aromatic carbocycles. The summed E-state index contributed by atoms with van der Waals surface area (Å²) in [5.41, 5.74) is 1.31. The van der Waals surface area contributed by atoms with E-state index in [0.29, 0.717) is 11.1 Å². The minimum absolute atomic E-state index is 0.00500. The van der Waals surface area contributed by atoms with Crippen LogP contribution in [0.2, 0.25) is 0 Å². The minimum Gasteiger partial charge on any atom is -0.337 e. The lowest BCUT2D eigenvalue weighted by Gasteiger charge is -2.35. The summed E-state index contributed by atoms with van der Waals surface area (Å²) in [7, 11) is -4.06. The maximum absolute atomic E-state index is 13.5. The van der Waals surface area contributed by atoms with Gasteiger partial charge in [-0.3, -0.25) is 4.90 Å². The Morgan fingerprint density at radius 1 is 0.909 bits per heavy atom. The molecule has 4 aromatic rings. The monoisotopic (exact) mass is 464 g/mol. The predicted molar refractivity (Wildman–Crippen MR) is 117 cm³/mol. The summed E-state index contributed by atoms with van der Waals surface area (Å²) < 4.78 is 46.1. The largest absolute Gasteiger partial charge is 0.339 e. The van der Waals surface area contributed by atoms with Gasteiger partial charge in [0.05, 0.1) is 12.2 Å². The predicted octanol–water partition coefficient (Wildman–Crippen LogP) is 4.21. The second-order valence-electron chi connectivity index (χ2n) is 7.36. The van der Waals surface area contributed by atoms with E-state index in [1.807, 2.05) is 6.07 Å². The molecule has 33 heavy (non-hydrogen) atoms. The number of carbonyl (C=O) groups is 1. The molecule has 0 N–H and O–H groups in total. The lowest BCUT2D eigenvalue weighted by atomic mass is 10.2. The van der Waals surface area contributed by atoms with Crippen molar-refractivity contribution in [3.63, 3.8) is 0 Å². The van der Waals surface area contributed by atoms with Gasteiger partial charge in [0.2, 0.25) is 11.7 Å². The molecular weight excluding hydrogens is 447 g/mol. The van der Waals surface area contributed by atoms with E-state index in [2.05, 4.69) is 10.1 Å². The van der Waals surface area contributed by atoms with Gasteiger partial charge in [0.1, 0.15) is 17.3 Å². The zero-order valence-electron chi connectivity index (χ0n) is 17.1. The number of hydrogen-bond donors (Lipinski definition) is 0. The van der Waals surface area contributed by atoms with Crippen molar-refractivity contribution in [3.05, 3.63) is 96.1 Å². The molecule has 0 atom stereocenters. The molecule has 0 bridgehead atoms. The van der Waals surface area contributed by atoms with E-state index in [1.165, 1.54) is 29.2 Å². The van der Waals surface area contributed by atoms with Crippen LogP contribution in [0.3, 0.4) is 0 Å². The molecule has 2 amide bonds. The van der Waals surface area contributed by atoms with Crippen LogP contribution in [0.15, 0.2) is 88.3 Å². The molecule has 166 valence electrons. The van der Waals surface area contributed by atoms with Gasteiger partial charge in [-0.25, -0.2) is 21.9 Å². The summed E-state index contributed by atoms with van der Waals surface area (Å²) in [6.07, 6.45) is 0. The number of benzene rings is 3. The number of sulfonamides is 1. The van der Waals surface area contributed by atoms with E-state index < -0.39 is 21.9 Å². The standard InChI is InChI=1S/C23H17FN4O4S/c24-18-10-6-9-17(13-18)22-25-21(32-26-22)15-27-19-11-4-5-12-20(19)33(30,31)28(23(27)29)14-16-7-2-1-3-8-16/h1-13H,14-15H2. The first-order valence-corrected chi connectivity index (χ1v) is 11.4. The highest BCUT2D eigenvalue weighted by atomic mass is 32.2. The average Bonchev–Trinajstić information content (AvgIpc) is 3.29. The average molecular weight is 464 g/mol. The Kier molecular flexibility index (Phi) is 5.14. The first kappa shape index (κ1) is 20.8. The fourth-order valence-electron chi connectivity index (χ4n) is 3.61. The van der Waals surface area contributed by atoms with Crippen LogP contribution in [0.25, 0.3) is 11.4 Å². The summed E-state index contributed by atoms with van der Waals surface area (Å²) >= 11 is 0. The summed E-state index contributed by atoms with van der Waals surface area (Å²) in [6.45, 7) is -0.274. The molecule has 5 rings (SSSR count). The van der Waals surface area contributed by atoms with Gasteiger partial charge in [0.15, 0.2) is 0 Å². The number of anilines is 1. The van der Waals surface area contributed by atoms with Gasteiger partial charge >= 0.3 is 6.03 Å². The van der Waals surface area contributed by atoms with E-state index in [1.54, 1.807) is 48.5 Å². The van der Waals surface area contributed by atoms with E-state index in [0.717, 1.165) is 4.31 Å². The number of halogens is 1. The number of nitrogens with zero attached hydrogens (tertiary/aromatic N) is 4. The fraction of sp³-hybridized carbons (Fsp3) is 0.0870. The molecule has 0 saturated heterocycles. The topological polar surface area (TPSA) is 96.6 Å². The van der Waals surface area contributed by atoms with Crippen molar-refractivity contribution in [2.45, 2.75) is 18.0 Å². The number of rotatable bonds is 5. The third kappa shape index (κ3) is 3.85. The first-order valence-electron chi connectivity index (χ1n) is 9.99. The first-order chi connectivity index (χ1) is 15.9. The number of aromatic nitrogens is 2. The van der Waals surface area contributed by atoms with E-state index in [4.69, 9.17) is 4.52 Å². The van der Waals surface area contributed by atoms with E-state index in [9.17, 15) is 17.6 Å². The Bertz CT molecular complexity index is 1440. The Hall–Kier alpha value is -4.05. The van der Waals surface area contributed by atoms with E-state index in [-0.39, 0.29) is 35.4 Å². The van der Waals surface area contributed by atoms with Gasteiger partial charge in [-0.2, -0.15) is 4.98 Å². The van der Waals surface area contributed by atoms with Crippen LogP contribution in [-0.4, -0.2) is 28.9 Å². The van der Waals surface area contributed by atoms with Crippen LogP contribution in [0.1, 0.15) is 11.5 Å². The number of para-hydroxylation sites is 1. The van der Waals surface area contributed by atoms with Gasteiger partial charge in [0, 0.05) is 5.56 Å². The van der Waals surface area contributed by atoms with Crippen LogP contribution in [-0.2, 0) is 23.1 Å². The molecule has 0 unspecified atom stereocenters. The molecule has 1 aromatic heterocycles. The Morgan fingerprint density at radius 3 is 2.45 bits per heavy atom. The number of carbonyl (C=O) groups excluding carboxylic acids is 1. The zero-order chi connectivity index (χ0) is 23.0. The molecule has 0 aliphatic carbocycles. The highest BCUT2D eigenvalue weighted by Crippen LogP contribution is 2.36. The lowest BCUT2D eigenvalue weighted by Crippen LogP contribution is -2.50. The number of fused-ring (bicyclic) bond motifs is 1. The molecule has 0 spiro atoms. The highest BCUT2D eigenvalue weighted by Gasteiger charge is 2.41. The summed E-state index contributed by atoms with van der Waals surface area (Å²) in [6, 6.07) is 20.1. The van der Waals surface area contributed by atoms with Crippen molar-refractivity contribution in [3.8, 4) is 11.4 Å². The molecule has 0 saturated carbocycles. The second-order valence-corrected chi connectivity index (χ2v) is 9.19. The van der Waals surface area contributed by atoms with Gasteiger partial charge in [-0.15, -0.1) is 0 Å². The van der Waals surface area contributed by atoms with Gasteiger partial charge < -0.3 is 4.52 Å². The van der Waals surface area contributed by atoms with Crippen LogP contribution in [0.4, 0.5) is 14.9 Å². The molecule has 1 aliphatic heterocycles. The van der Waals surface area contributed by atoms with Crippen molar-refractivity contribution in [2.24, 2.45) is 0 Å². The minimum atomic E-state index is -4.06. The molecule has 0 radical (unpaired) electrons. The Labute approximate surface area is 188 Å². The molecule has 1 aliphatic rings. The smallest absolute Gasteiger partial charge is 0.337 e. The molecule has 8 nitrogen and oxygen atoms in total. The quantitative estimate of drug-likeness (QED) is 0.439. The Balaban J connectivity index is 1.51.